The average molecular weight is 266 g/mol. The Morgan fingerprint density at radius 3 is 2.72 bits per heavy atom. The van der Waals surface area contributed by atoms with Crippen LogP contribution in [0.25, 0.3) is 0 Å². The van der Waals surface area contributed by atoms with Crippen molar-refractivity contribution < 1.29 is 9.53 Å². The van der Waals surface area contributed by atoms with E-state index in [4.69, 9.17) is 22.7 Å². The van der Waals surface area contributed by atoms with E-state index < -0.39 is 0 Å². The molecule has 0 heterocycles. The van der Waals surface area contributed by atoms with Crippen molar-refractivity contribution in [3.63, 3.8) is 0 Å². The maximum atomic E-state index is 12.1. The number of ether oxygens (including phenoxy) is 1. The number of para-hydroxylation sites is 1. The summed E-state index contributed by atoms with van der Waals surface area (Å²) >= 11 is 4.94. The molecule has 5 heteroatoms. The molecule has 18 heavy (non-hydrogen) atoms. The number of methoxy groups -OCH3 is 1. The summed E-state index contributed by atoms with van der Waals surface area (Å²) in [5.74, 6) is 0.312. The number of rotatable bonds is 6. The Kier molecular flexibility index (Phi) is 5.58. The molecule has 0 saturated carbocycles. The van der Waals surface area contributed by atoms with Crippen LogP contribution in [0.2, 0.25) is 0 Å². The van der Waals surface area contributed by atoms with Crippen molar-refractivity contribution in [2.75, 3.05) is 7.11 Å². The van der Waals surface area contributed by atoms with Gasteiger partial charge in [-0.15, -0.1) is 0 Å². The van der Waals surface area contributed by atoms with Crippen LogP contribution >= 0.6 is 12.2 Å². The first-order chi connectivity index (χ1) is 8.60. The first kappa shape index (κ1) is 14.4. The Morgan fingerprint density at radius 1 is 1.50 bits per heavy atom. The standard InChI is InChI=1S/C13H18N2O2S/c1-3-6-10(12(14)18)15-13(16)9-7-4-5-8-11(9)17-2/h4-5,7-8,10H,3,6H2,1-2H3,(H2,14,18)(H,15,16). The van der Waals surface area contributed by atoms with Crippen LogP contribution in [0.3, 0.4) is 0 Å². The van der Waals surface area contributed by atoms with E-state index in [0.29, 0.717) is 16.3 Å². The fourth-order valence-corrected chi connectivity index (χ4v) is 1.82. The second-order valence-corrected chi connectivity index (χ2v) is 4.39. The van der Waals surface area contributed by atoms with Crippen LogP contribution in [-0.4, -0.2) is 24.0 Å². The third-order valence-electron chi connectivity index (χ3n) is 2.58. The molecule has 3 N–H and O–H groups in total. The molecule has 1 aromatic carbocycles. The summed E-state index contributed by atoms with van der Waals surface area (Å²) in [5, 5.41) is 2.82. The highest BCUT2D eigenvalue weighted by molar-refractivity contribution is 7.80. The Labute approximate surface area is 113 Å². The predicted molar refractivity (Wildman–Crippen MR) is 75.9 cm³/mol. The second kappa shape index (κ2) is 6.96. The summed E-state index contributed by atoms with van der Waals surface area (Å²) in [5.41, 5.74) is 6.09. The van der Waals surface area contributed by atoms with Gasteiger partial charge in [-0.25, -0.2) is 0 Å². The molecule has 0 fully saturated rings. The zero-order chi connectivity index (χ0) is 13.5. The minimum atomic E-state index is -0.276. The Morgan fingerprint density at radius 2 is 2.17 bits per heavy atom. The van der Waals surface area contributed by atoms with E-state index in [2.05, 4.69) is 5.32 Å². The zero-order valence-electron chi connectivity index (χ0n) is 10.6. The van der Waals surface area contributed by atoms with E-state index in [0.717, 1.165) is 12.8 Å². The van der Waals surface area contributed by atoms with Crippen molar-refractivity contribution >= 4 is 23.1 Å². The third-order valence-corrected chi connectivity index (χ3v) is 2.86. The minimum Gasteiger partial charge on any atom is -0.496 e. The van der Waals surface area contributed by atoms with Gasteiger partial charge in [0.2, 0.25) is 0 Å². The molecule has 0 aliphatic rings. The summed E-state index contributed by atoms with van der Waals surface area (Å²) in [6, 6.07) is 6.77. The Bertz CT molecular complexity index is 435. The Hall–Kier alpha value is -1.62. The van der Waals surface area contributed by atoms with Gasteiger partial charge in [-0.1, -0.05) is 37.7 Å². The van der Waals surface area contributed by atoms with E-state index in [1.165, 1.54) is 7.11 Å². The number of thiocarbonyl (C=S) groups is 1. The smallest absolute Gasteiger partial charge is 0.255 e. The highest BCUT2D eigenvalue weighted by Gasteiger charge is 2.17. The van der Waals surface area contributed by atoms with Crippen molar-refractivity contribution in [3.8, 4) is 5.75 Å². The number of carbonyl (C=O) groups excluding carboxylic acids is 1. The van der Waals surface area contributed by atoms with E-state index in [-0.39, 0.29) is 11.9 Å². The molecule has 0 aliphatic carbocycles. The predicted octanol–water partition coefficient (Wildman–Crippen LogP) is 1.88. The fourth-order valence-electron chi connectivity index (χ4n) is 1.64. The molecule has 4 nitrogen and oxygen atoms in total. The van der Waals surface area contributed by atoms with Crippen LogP contribution in [0, 0.1) is 0 Å². The monoisotopic (exact) mass is 266 g/mol. The molecule has 1 unspecified atom stereocenters. The van der Waals surface area contributed by atoms with Gasteiger partial charge in [0.1, 0.15) is 5.75 Å². The number of amides is 1. The van der Waals surface area contributed by atoms with Gasteiger partial charge in [-0.3, -0.25) is 4.79 Å². The lowest BCUT2D eigenvalue weighted by Crippen LogP contribution is -2.43. The molecule has 0 saturated heterocycles. The van der Waals surface area contributed by atoms with Gasteiger partial charge in [0, 0.05) is 0 Å². The van der Waals surface area contributed by atoms with Crippen molar-refractivity contribution in [3.05, 3.63) is 29.8 Å². The van der Waals surface area contributed by atoms with Crippen LogP contribution in [0.5, 0.6) is 5.75 Å². The van der Waals surface area contributed by atoms with Gasteiger partial charge in [0.15, 0.2) is 0 Å². The first-order valence-corrected chi connectivity index (χ1v) is 6.24. The maximum Gasteiger partial charge on any atom is 0.255 e. The molecule has 0 spiro atoms. The van der Waals surface area contributed by atoms with Gasteiger partial charge in [-0.2, -0.15) is 0 Å². The van der Waals surface area contributed by atoms with E-state index in [1.54, 1.807) is 18.2 Å². The lowest BCUT2D eigenvalue weighted by molar-refractivity contribution is 0.0942. The van der Waals surface area contributed by atoms with E-state index in [1.807, 2.05) is 13.0 Å². The van der Waals surface area contributed by atoms with Crippen LogP contribution < -0.4 is 15.8 Å². The summed E-state index contributed by atoms with van der Waals surface area (Å²) in [7, 11) is 1.53. The Balaban J connectivity index is 2.83. The number of hydrogen-bond acceptors (Lipinski definition) is 3. The van der Waals surface area contributed by atoms with E-state index in [9.17, 15) is 4.79 Å². The molecular formula is C13H18N2O2S. The normalized spacial score (nSPS) is 11.7. The van der Waals surface area contributed by atoms with Crippen LogP contribution in [0.4, 0.5) is 0 Å². The lowest BCUT2D eigenvalue weighted by Gasteiger charge is -2.17. The maximum absolute atomic E-state index is 12.1. The van der Waals surface area contributed by atoms with Gasteiger partial charge < -0.3 is 15.8 Å². The van der Waals surface area contributed by atoms with Crippen molar-refractivity contribution in [1.29, 1.82) is 0 Å². The molecule has 1 atom stereocenters. The summed E-state index contributed by atoms with van der Waals surface area (Å²) < 4.78 is 5.14. The number of nitrogens with one attached hydrogen (secondary N) is 1. The van der Waals surface area contributed by atoms with Crippen LogP contribution in [0.1, 0.15) is 30.1 Å². The van der Waals surface area contributed by atoms with Crippen molar-refractivity contribution in [2.24, 2.45) is 5.73 Å². The molecule has 0 aromatic heterocycles. The number of hydrogen-bond donors (Lipinski definition) is 2. The first-order valence-electron chi connectivity index (χ1n) is 5.83. The minimum absolute atomic E-state index is 0.223. The van der Waals surface area contributed by atoms with Crippen molar-refractivity contribution in [1.82, 2.24) is 5.32 Å². The number of carbonyl (C=O) groups is 1. The van der Waals surface area contributed by atoms with E-state index >= 15 is 0 Å². The summed E-state index contributed by atoms with van der Waals surface area (Å²) in [4.78, 5) is 12.4. The van der Waals surface area contributed by atoms with Gasteiger partial charge >= 0.3 is 0 Å². The summed E-state index contributed by atoms with van der Waals surface area (Å²) in [6.45, 7) is 2.01. The molecule has 1 aromatic rings. The number of nitrogens with two attached hydrogens (primary N) is 1. The molecule has 1 amide bonds. The molecule has 0 aliphatic heterocycles. The fraction of sp³-hybridized carbons (Fsp3) is 0.385. The second-order valence-electron chi connectivity index (χ2n) is 3.92. The lowest BCUT2D eigenvalue weighted by atomic mass is 10.1. The molecular weight excluding hydrogens is 248 g/mol. The topological polar surface area (TPSA) is 64.3 Å². The largest absolute Gasteiger partial charge is 0.496 e. The van der Waals surface area contributed by atoms with Gasteiger partial charge in [0.25, 0.3) is 5.91 Å². The third kappa shape index (κ3) is 3.70. The molecule has 0 bridgehead atoms. The molecule has 1 rings (SSSR count). The quantitative estimate of drug-likeness (QED) is 0.772. The number of benzene rings is 1. The molecule has 98 valence electrons. The highest BCUT2D eigenvalue weighted by atomic mass is 32.1. The average Bonchev–Trinajstić information content (AvgIpc) is 2.37. The zero-order valence-corrected chi connectivity index (χ0v) is 11.4. The van der Waals surface area contributed by atoms with Crippen LogP contribution in [0.15, 0.2) is 24.3 Å². The highest BCUT2D eigenvalue weighted by Crippen LogP contribution is 2.17. The van der Waals surface area contributed by atoms with Crippen LogP contribution in [-0.2, 0) is 0 Å². The van der Waals surface area contributed by atoms with Gasteiger partial charge in [-0.05, 0) is 18.6 Å². The molecule has 0 radical (unpaired) electrons. The van der Waals surface area contributed by atoms with Crippen molar-refractivity contribution in [2.45, 2.75) is 25.8 Å². The van der Waals surface area contributed by atoms with Gasteiger partial charge in [0.05, 0.1) is 23.7 Å². The summed E-state index contributed by atoms with van der Waals surface area (Å²) in [6.07, 6.45) is 1.63. The SMILES string of the molecule is CCCC(NC(=O)c1ccccc1OC)C(N)=S.